The molecule has 1 aliphatic heterocycles. The van der Waals surface area contributed by atoms with Crippen molar-refractivity contribution in [3.8, 4) is 5.69 Å². The van der Waals surface area contributed by atoms with Crippen LogP contribution in [0.15, 0.2) is 54.9 Å². The molecule has 1 aromatic carbocycles. The normalized spacial score (nSPS) is 15.3. The van der Waals surface area contributed by atoms with Gasteiger partial charge < -0.3 is 4.90 Å². The van der Waals surface area contributed by atoms with E-state index in [1.165, 1.54) is 29.2 Å². The van der Waals surface area contributed by atoms with Crippen LogP contribution in [-0.2, 0) is 6.18 Å². The molecule has 0 N–H and O–H groups in total. The Hall–Kier alpha value is -3.40. The van der Waals surface area contributed by atoms with Gasteiger partial charge in [-0.15, -0.1) is 10.2 Å². The zero-order chi connectivity index (χ0) is 23.2. The molecule has 5 rings (SSSR count). The fourth-order valence-corrected chi connectivity index (χ4v) is 4.33. The SMILES string of the molecule is O=C(c1cnn(-c2ccc(Cl)cc2)c1C(F)(F)F)N1CCC(c2nnc3ccccn23)CC1. The largest absolute Gasteiger partial charge is 0.434 e. The van der Waals surface area contributed by atoms with Crippen molar-refractivity contribution < 1.29 is 18.0 Å². The Balaban J connectivity index is 1.38. The lowest BCUT2D eigenvalue weighted by atomic mass is 9.95. The Bertz CT molecular complexity index is 1310. The monoisotopic (exact) mass is 474 g/mol. The average molecular weight is 475 g/mol. The predicted molar refractivity (Wildman–Crippen MR) is 114 cm³/mol. The lowest BCUT2D eigenvalue weighted by Gasteiger charge is -2.31. The number of pyridine rings is 1. The summed E-state index contributed by atoms with van der Waals surface area (Å²) in [7, 11) is 0. The lowest BCUT2D eigenvalue weighted by molar-refractivity contribution is -0.143. The van der Waals surface area contributed by atoms with Gasteiger partial charge in [-0.1, -0.05) is 17.7 Å². The third kappa shape index (κ3) is 3.95. The summed E-state index contributed by atoms with van der Waals surface area (Å²) in [5, 5.41) is 12.7. The van der Waals surface area contributed by atoms with Gasteiger partial charge >= 0.3 is 6.18 Å². The number of halogens is 4. The highest BCUT2D eigenvalue weighted by molar-refractivity contribution is 6.30. The van der Waals surface area contributed by atoms with E-state index in [1.807, 2.05) is 28.8 Å². The van der Waals surface area contributed by atoms with Crippen LogP contribution in [0.1, 0.15) is 40.6 Å². The summed E-state index contributed by atoms with van der Waals surface area (Å²) < 4.78 is 44.5. The maximum absolute atomic E-state index is 14.0. The van der Waals surface area contributed by atoms with Gasteiger partial charge in [0.05, 0.1) is 17.4 Å². The molecule has 11 heteroatoms. The number of carbonyl (C=O) groups is 1. The number of hydrogen-bond donors (Lipinski definition) is 0. The first-order valence-electron chi connectivity index (χ1n) is 10.3. The first-order chi connectivity index (χ1) is 15.8. The van der Waals surface area contributed by atoms with Gasteiger partial charge in [-0.3, -0.25) is 9.20 Å². The molecule has 170 valence electrons. The number of aromatic nitrogens is 5. The number of piperidine rings is 1. The summed E-state index contributed by atoms with van der Waals surface area (Å²) >= 11 is 5.84. The molecule has 0 atom stereocenters. The van der Waals surface area contributed by atoms with Crippen LogP contribution in [0.25, 0.3) is 11.3 Å². The van der Waals surface area contributed by atoms with Crippen molar-refractivity contribution in [3.05, 3.63) is 77.0 Å². The highest BCUT2D eigenvalue weighted by atomic mass is 35.5. The highest BCUT2D eigenvalue weighted by Gasteiger charge is 2.42. The van der Waals surface area contributed by atoms with Crippen molar-refractivity contribution >= 4 is 23.2 Å². The molecule has 4 aromatic rings. The van der Waals surface area contributed by atoms with Crippen molar-refractivity contribution in [2.45, 2.75) is 24.9 Å². The number of alkyl halides is 3. The summed E-state index contributed by atoms with van der Waals surface area (Å²) in [6.07, 6.45) is -0.747. The average Bonchev–Trinajstić information content (AvgIpc) is 3.44. The molecule has 3 aromatic heterocycles. The Morgan fingerprint density at radius 2 is 1.76 bits per heavy atom. The number of nitrogens with zero attached hydrogens (tertiary/aromatic N) is 6. The van der Waals surface area contributed by atoms with Crippen LogP contribution in [0.5, 0.6) is 0 Å². The van der Waals surface area contributed by atoms with E-state index < -0.39 is 23.3 Å². The summed E-state index contributed by atoms with van der Waals surface area (Å²) in [5.41, 5.74) is -0.664. The van der Waals surface area contributed by atoms with E-state index in [2.05, 4.69) is 15.3 Å². The van der Waals surface area contributed by atoms with E-state index in [9.17, 15) is 18.0 Å². The van der Waals surface area contributed by atoms with Crippen LogP contribution in [-0.4, -0.2) is 48.3 Å². The Labute approximate surface area is 191 Å². The minimum absolute atomic E-state index is 0.0605. The van der Waals surface area contributed by atoms with Gasteiger partial charge in [0, 0.05) is 30.2 Å². The van der Waals surface area contributed by atoms with E-state index in [-0.39, 0.29) is 11.6 Å². The number of rotatable bonds is 3. The minimum atomic E-state index is -4.76. The summed E-state index contributed by atoms with van der Waals surface area (Å²) in [6, 6.07) is 11.4. The molecular weight excluding hydrogens is 457 g/mol. The quantitative estimate of drug-likeness (QED) is 0.435. The van der Waals surface area contributed by atoms with Gasteiger partial charge in [0.1, 0.15) is 5.82 Å². The fourth-order valence-electron chi connectivity index (χ4n) is 4.21. The molecule has 0 spiro atoms. The van der Waals surface area contributed by atoms with E-state index in [0.717, 1.165) is 22.4 Å². The second-order valence-electron chi connectivity index (χ2n) is 7.85. The lowest BCUT2D eigenvalue weighted by Crippen LogP contribution is -2.39. The van der Waals surface area contributed by atoms with E-state index >= 15 is 0 Å². The van der Waals surface area contributed by atoms with Gasteiger partial charge in [0.2, 0.25) is 0 Å². The van der Waals surface area contributed by atoms with Crippen molar-refractivity contribution in [1.82, 2.24) is 29.3 Å². The Kier molecular flexibility index (Phi) is 5.32. The topological polar surface area (TPSA) is 68.3 Å². The van der Waals surface area contributed by atoms with Crippen LogP contribution in [0.2, 0.25) is 5.02 Å². The van der Waals surface area contributed by atoms with Gasteiger partial charge in [-0.2, -0.15) is 18.3 Å². The minimum Gasteiger partial charge on any atom is -0.338 e. The molecule has 1 aliphatic rings. The van der Waals surface area contributed by atoms with E-state index in [4.69, 9.17) is 11.6 Å². The van der Waals surface area contributed by atoms with Gasteiger partial charge in [-0.05, 0) is 49.2 Å². The molecule has 0 aliphatic carbocycles. The molecule has 0 saturated carbocycles. The molecule has 1 amide bonds. The molecule has 0 unspecified atom stereocenters. The van der Waals surface area contributed by atoms with Gasteiger partial charge in [0.15, 0.2) is 11.3 Å². The molecule has 0 bridgehead atoms. The summed E-state index contributed by atoms with van der Waals surface area (Å²) in [4.78, 5) is 14.5. The number of benzene rings is 1. The smallest absolute Gasteiger partial charge is 0.338 e. The van der Waals surface area contributed by atoms with Crippen molar-refractivity contribution in [2.24, 2.45) is 0 Å². The zero-order valence-electron chi connectivity index (χ0n) is 17.2. The molecule has 1 fully saturated rings. The van der Waals surface area contributed by atoms with Crippen LogP contribution in [0.3, 0.4) is 0 Å². The molecule has 7 nitrogen and oxygen atoms in total. The van der Waals surface area contributed by atoms with Crippen molar-refractivity contribution in [1.29, 1.82) is 0 Å². The summed E-state index contributed by atoms with van der Waals surface area (Å²) in [6.45, 7) is 0.628. The number of fused-ring (bicyclic) bond motifs is 1. The van der Waals surface area contributed by atoms with Gasteiger partial charge in [-0.25, -0.2) is 4.68 Å². The zero-order valence-corrected chi connectivity index (χ0v) is 18.0. The van der Waals surface area contributed by atoms with Crippen LogP contribution in [0.4, 0.5) is 13.2 Å². The second kappa shape index (κ2) is 8.18. The highest BCUT2D eigenvalue weighted by Crippen LogP contribution is 2.35. The molecule has 4 heterocycles. The number of hydrogen-bond acceptors (Lipinski definition) is 4. The number of likely N-dealkylation sites (tertiary alicyclic amines) is 1. The molecule has 1 saturated heterocycles. The first kappa shape index (κ1) is 21.4. The fraction of sp³-hybridized carbons (Fsp3) is 0.273. The Morgan fingerprint density at radius 1 is 1.03 bits per heavy atom. The maximum Gasteiger partial charge on any atom is 0.434 e. The standard InChI is InChI=1S/C22H18ClF3N6O/c23-15-4-6-16(7-5-15)32-19(22(24,25)26)17(13-27-32)21(33)30-11-8-14(9-12-30)20-29-28-18-3-1-2-10-31(18)20/h1-7,10,13-14H,8-9,11-12H2. The van der Waals surface area contributed by atoms with E-state index in [1.54, 1.807) is 0 Å². The predicted octanol–water partition coefficient (Wildman–Crippen LogP) is 4.61. The van der Waals surface area contributed by atoms with Crippen LogP contribution < -0.4 is 0 Å². The van der Waals surface area contributed by atoms with Crippen LogP contribution >= 0.6 is 11.6 Å². The molecule has 33 heavy (non-hydrogen) atoms. The second-order valence-corrected chi connectivity index (χ2v) is 8.28. The first-order valence-corrected chi connectivity index (χ1v) is 10.7. The van der Waals surface area contributed by atoms with Crippen LogP contribution in [0, 0.1) is 0 Å². The van der Waals surface area contributed by atoms with Crippen molar-refractivity contribution in [3.63, 3.8) is 0 Å². The molecule has 0 radical (unpaired) electrons. The third-order valence-corrected chi connectivity index (χ3v) is 6.08. The molecular formula is C22H18ClF3N6O. The third-order valence-electron chi connectivity index (χ3n) is 5.83. The Morgan fingerprint density at radius 3 is 2.45 bits per heavy atom. The summed E-state index contributed by atoms with van der Waals surface area (Å²) in [5.74, 6) is 0.168. The number of carbonyl (C=O) groups excluding carboxylic acids is 1. The van der Waals surface area contributed by atoms with Crippen molar-refractivity contribution in [2.75, 3.05) is 13.1 Å². The number of amides is 1. The van der Waals surface area contributed by atoms with Gasteiger partial charge in [0.25, 0.3) is 5.91 Å². The van der Waals surface area contributed by atoms with E-state index in [0.29, 0.717) is 31.0 Å². The maximum atomic E-state index is 14.0.